The largest absolute Gasteiger partial charge is 0.369 e. The highest BCUT2D eigenvalue weighted by Gasteiger charge is 2.30. The molecule has 3 amide bonds. The number of hydrogen-bond acceptors (Lipinski definition) is 7. The van der Waals surface area contributed by atoms with Gasteiger partial charge in [-0.2, -0.15) is 0 Å². The van der Waals surface area contributed by atoms with E-state index in [9.17, 15) is 14.4 Å². The zero-order valence-electron chi connectivity index (χ0n) is 27.5. The van der Waals surface area contributed by atoms with Crippen molar-refractivity contribution < 1.29 is 14.4 Å². The van der Waals surface area contributed by atoms with Crippen molar-refractivity contribution in [2.24, 2.45) is 0 Å². The van der Waals surface area contributed by atoms with Gasteiger partial charge in [-0.25, -0.2) is 4.98 Å². The van der Waals surface area contributed by atoms with Crippen LogP contribution in [0.4, 0.5) is 22.9 Å². The monoisotopic (exact) mass is 625 g/mol. The molecule has 2 aromatic carbocycles. The maximum absolute atomic E-state index is 13.6. The van der Waals surface area contributed by atoms with Gasteiger partial charge in [-0.05, 0) is 68.4 Å². The second-order valence-corrected chi connectivity index (χ2v) is 11.9. The minimum atomic E-state index is -0.300. The van der Waals surface area contributed by atoms with Crippen LogP contribution in [0.15, 0.2) is 66.9 Å². The summed E-state index contributed by atoms with van der Waals surface area (Å²) in [6.45, 7) is 15.5. The van der Waals surface area contributed by atoms with Gasteiger partial charge in [-0.15, -0.1) is 0 Å². The molecular weight excluding hydrogens is 578 g/mol. The summed E-state index contributed by atoms with van der Waals surface area (Å²) in [6.07, 6.45) is 2.88. The first-order valence-electron chi connectivity index (χ1n) is 16.7. The van der Waals surface area contributed by atoms with E-state index in [4.69, 9.17) is 0 Å². The van der Waals surface area contributed by atoms with E-state index >= 15 is 0 Å². The van der Waals surface area contributed by atoms with Crippen molar-refractivity contribution in [3.63, 3.8) is 0 Å². The molecule has 244 valence electrons. The molecule has 3 aromatic rings. The SMILES string of the molecule is CCCN1CCN(c2ccc(CN(CC)CCN(CC)C(=O)CCC(=O)N3c4ccccc4C(=O)Nc4cccnc43)cc2)CC1. The maximum Gasteiger partial charge on any atom is 0.257 e. The van der Waals surface area contributed by atoms with E-state index < -0.39 is 0 Å². The Kier molecular flexibility index (Phi) is 11.4. The van der Waals surface area contributed by atoms with Gasteiger partial charge in [0.05, 0.1) is 16.9 Å². The molecule has 0 radical (unpaired) electrons. The van der Waals surface area contributed by atoms with Crippen LogP contribution < -0.4 is 15.1 Å². The summed E-state index contributed by atoms with van der Waals surface area (Å²) in [4.78, 5) is 54.9. The lowest BCUT2D eigenvalue weighted by Crippen LogP contribution is -2.46. The summed E-state index contributed by atoms with van der Waals surface area (Å²) >= 11 is 0. The van der Waals surface area contributed by atoms with Gasteiger partial charge in [0.2, 0.25) is 11.8 Å². The first-order valence-corrected chi connectivity index (χ1v) is 16.7. The molecule has 0 saturated carbocycles. The molecule has 1 N–H and O–H groups in total. The van der Waals surface area contributed by atoms with Crippen LogP contribution in [0, 0.1) is 0 Å². The van der Waals surface area contributed by atoms with Gasteiger partial charge in [-0.1, -0.05) is 38.1 Å². The highest BCUT2D eigenvalue weighted by atomic mass is 16.2. The van der Waals surface area contributed by atoms with Crippen molar-refractivity contribution in [1.82, 2.24) is 19.7 Å². The van der Waals surface area contributed by atoms with Gasteiger partial charge >= 0.3 is 0 Å². The number of rotatable bonds is 13. The predicted octanol–water partition coefficient (Wildman–Crippen LogP) is 4.99. The van der Waals surface area contributed by atoms with E-state index in [1.54, 1.807) is 42.6 Å². The Bertz CT molecular complexity index is 1490. The third-order valence-electron chi connectivity index (χ3n) is 8.93. The van der Waals surface area contributed by atoms with Crippen molar-refractivity contribution in [1.29, 1.82) is 0 Å². The lowest BCUT2D eigenvalue weighted by atomic mass is 10.1. The fourth-order valence-corrected chi connectivity index (χ4v) is 6.26. The highest BCUT2D eigenvalue weighted by Crippen LogP contribution is 2.36. The van der Waals surface area contributed by atoms with E-state index in [2.05, 4.69) is 63.1 Å². The average Bonchev–Trinajstić information content (AvgIpc) is 3.21. The summed E-state index contributed by atoms with van der Waals surface area (Å²) in [5.74, 6) is -0.291. The van der Waals surface area contributed by atoms with Crippen molar-refractivity contribution in [2.75, 3.05) is 74.0 Å². The smallest absolute Gasteiger partial charge is 0.257 e. The zero-order chi connectivity index (χ0) is 32.5. The summed E-state index contributed by atoms with van der Waals surface area (Å²) in [7, 11) is 0. The van der Waals surface area contributed by atoms with E-state index in [0.29, 0.717) is 35.8 Å². The van der Waals surface area contributed by atoms with Gasteiger partial charge in [0.25, 0.3) is 5.91 Å². The lowest BCUT2D eigenvalue weighted by Gasteiger charge is -2.36. The number of fused-ring (bicyclic) bond motifs is 2. The second kappa shape index (κ2) is 15.8. The van der Waals surface area contributed by atoms with Crippen LogP contribution in [0.5, 0.6) is 0 Å². The van der Waals surface area contributed by atoms with Crippen LogP contribution in [-0.2, 0) is 16.1 Å². The molecule has 0 unspecified atom stereocenters. The fraction of sp³-hybridized carbons (Fsp3) is 0.444. The van der Waals surface area contributed by atoms with E-state index in [0.717, 1.165) is 45.8 Å². The third kappa shape index (κ3) is 7.92. The molecule has 5 rings (SSSR count). The highest BCUT2D eigenvalue weighted by molar-refractivity contribution is 6.17. The normalized spacial score (nSPS) is 14.8. The molecule has 0 spiro atoms. The molecular formula is C36H47N7O3. The number of piperazine rings is 1. The molecule has 1 saturated heterocycles. The Morgan fingerprint density at radius 3 is 2.35 bits per heavy atom. The molecule has 2 aliphatic heterocycles. The van der Waals surface area contributed by atoms with Gasteiger partial charge in [0.1, 0.15) is 0 Å². The number of pyridine rings is 1. The topological polar surface area (TPSA) is 92.3 Å². The van der Waals surface area contributed by atoms with Crippen LogP contribution in [-0.4, -0.2) is 96.3 Å². The Labute approximate surface area is 273 Å². The van der Waals surface area contributed by atoms with Crippen molar-refractivity contribution in [3.8, 4) is 0 Å². The van der Waals surface area contributed by atoms with E-state index in [1.165, 1.54) is 29.1 Å². The number of para-hydroxylation sites is 1. The molecule has 0 bridgehead atoms. The third-order valence-corrected chi connectivity index (χ3v) is 8.93. The fourth-order valence-electron chi connectivity index (χ4n) is 6.26. The summed E-state index contributed by atoms with van der Waals surface area (Å²) in [5, 5.41) is 2.85. The maximum atomic E-state index is 13.6. The first kappa shape index (κ1) is 33.1. The minimum Gasteiger partial charge on any atom is -0.369 e. The number of carbonyl (C=O) groups excluding carboxylic acids is 3. The number of anilines is 4. The number of benzene rings is 2. The lowest BCUT2D eigenvalue weighted by molar-refractivity contribution is -0.133. The molecule has 46 heavy (non-hydrogen) atoms. The van der Waals surface area contributed by atoms with Gasteiger partial charge in [-0.3, -0.25) is 29.1 Å². The molecule has 10 nitrogen and oxygen atoms in total. The van der Waals surface area contributed by atoms with Gasteiger partial charge < -0.3 is 15.1 Å². The molecule has 1 fully saturated rings. The molecule has 2 aliphatic rings. The van der Waals surface area contributed by atoms with Crippen molar-refractivity contribution in [2.45, 2.75) is 46.6 Å². The Morgan fingerprint density at radius 1 is 0.870 bits per heavy atom. The van der Waals surface area contributed by atoms with Crippen LogP contribution in [0.1, 0.15) is 56.0 Å². The van der Waals surface area contributed by atoms with Gasteiger partial charge in [0, 0.05) is 77.1 Å². The van der Waals surface area contributed by atoms with Crippen LogP contribution >= 0.6 is 0 Å². The Morgan fingerprint density at radius 2 is 1.63 bits per heavy atom. The Hall–Kier alpha value is -4.28. The standard InChI is InChI=1S/C36H47N7O3/c1-4-20-40-22-25-42(26-23-40)29-15-13-28(14-16-29)27-39(5-2)21-24-41(6-3)33(44)17-18-34(45)43-32-12-8-7-10-30(32)36(46)38-31-11-9-19-37-35(31)43/h7-16,19H,4-6,17-18,20-27H2,1-3H3,(H,38,46). The molecule has 3 heterocycles. The van der Waals surface area contributed by atoms with Crippen LogP contribution in [0.25, 0.3) is 0 Å². The first-order chi connectivity index (χ1) is 22.4. The summed E-state index contributed by atoms with van der Waals surface area (Å²) in [5.41, 5.74) is 3.84. The van der Waals surface area contributed by atoms with Crippen LogP contribution in [0.2, 0.25) is 0 Å². The number of nitrogens with zero attached hydrogens (tertiary/aromatic N) is 6. The average molecular weight is 626 g/mol. The number of aromatic nitrogens is 1. The summed E-state index contributed by atoms with van der Waals surface area (Å²) in [6, 6.07) is 19.3. The summed E-state index contributed by atoms with van der Waals surface area (Å²) < 4.78 is 0. The van der Waals surface area contributed by atoms with E-state index in [1.807, 2.05) is 11.8 Å². The predicted molar refractivity (Wildman–Crippen MR) is 184 cm³/mol. The quantitative estimate of drug-likeness (QED) is 0.286. The number of carbonyl (C=O) groups is 3. The van der Waals surface area contributed by atoms with E-state index in [-0.39, 0.29) is 30.6 Å². The molecule has 10 heteroatoms. The zero-order valence-corrected chi connectivity index (χ0v) is 27.5. The molecule has 0 aliphatic carbocycles. The molecule has 0 atom stereocenters. The number of likely N-dealkylation sites (N-methyl/N-ethyl adjacent to an activating group) is 2. The van der Waals surface area contributed by atoms with Gasteiger partial charge in [0.15, 0.2) is 5.82 Å². The number of amides is 3. The second-order valence-electron chi connectivity index (χ2n) is 11.9. The van der Waals surface area contributed by atoms with Crippen molar-refractivity contribution >= 4 is 40.6 Å². The minimum absolute atomic E-state index is 0.00532. The van der Waals surface area contributed by atoms with Crippen LogP contribution in [0.3, 0.4) is 0 Å². The number of hydrogen-bond donors (Lipinski definition) is 1. The number of nitrogens with one attached hydrogen (secondary N) is 1. The van der Waals surface area contributed by atoms with Crippen molar-refractivity contribution in [3.05, 3.63) is 78.0 Å². The molecule has 1 aromatic heterocycles. The Balaban J connectivity index is 1.14.